The third-order valence-corrected chi connectivity index (χ3v) is 14.8. The highest BCUT2D eigenvalue weighted by molar-refractivity contribution is 8.09. The Kier molecular flexibility index (Phi) is 5.92. The molecule has 160 valence electrons. The molecule has 0 amide bonds. The summed E-state index contributed by atoms with van der Waals surface area (Å²) in [7, 11) is 0. The predicted octanol–water partition coefficient (Wildman–Crippen LogP) is 1.48. The van der Waals surface area contributed by atoms with Crippen molar-refractivity contribution in [3.8, 4) is 0 Å². The Morgan fingerprint density at radius 2 is 0.679 bits per heavy atom. The number of hydrogen-bond donors (Lipinski definition) is 4. The standard InChI is InChI=1S/C18H30F2N4S4/c19-13-15-16(26-10-2-6(22)5(21)1-9(10)25-15)14(20)18-17(13)27-11-3-7(23)8(24)4-12(11)28-18/h5-18H,1-4,21-24H2. The summed E-state index contributed by atoms with van der Waals surface area (Å²) in [5.41, 5.74) is 24.7. The SMILES string of the molecule is NC1CC2SC3C(F)C4SC5CC(N)C(N)CC5SC4C(F)C3SC2CC1N. The lowest BCUT2D eigenvalue weighted by atomic mass is 9.90. The van der Waals surface area contributed by atoms with Crippen molar-refractivity contribution in [2.24, 2.45) is 22.9 Å². The van der Waals surface area contributed by atoms with Crippen LogP contribution in [0.4, 0.5) is 8.78 Å². The quantitative estimate of drug-likeness (QED) is 0.424. The Labute approximate surface area is 182 Å². The van der Waals surface area contributed by atoms with Crippen molar-refractivity contribution < 1.29 is 8.78 Å². The molecule has 0 aromatic carbocycles. The van der Waals surface area contributed by atoms with Gasteiger partial charge in [0.05, 0.1) is 21.0 Å². The number of rotatable bonds is 0. The van der Waals surface area contributed by atoms with Crippen LogP contribution in [-0.2, 0) is 0 Å². The van der Waals surface area contributed by atoms with Gasteiger partial charge in [-0.3, -0.25) is 0 Å². The summed E-state index contributed by atoms with van der Waals surface area (Å²) in [6.45, 7) is 0. The number of nitrogens with two attached hydrogens (primary N) is 4. The van der Waals surface area contributed by atoms with E-state index in [1.165, 1.54) is 0 Å². The average molecular weight is 469 g/mol. The zero-order valence-electron chi connectivity index (χ0n) is 15.6. The van der Waals surface area contributed by atoms with Crippen molar-refractivity contribution in [2.45, 2.75) is 104 Å². The van der Waals surface area contributed by atoms with Gasteiger partial charge in [-0.25, -0.2) is 8.78 Å². The maximum absolute atomic E-state index is 15.7. The number of hydrogen-bond acceptors (Lipinski definition) is 8. The van der Waals surface area contributed by atoms with Gasteiger partial charge in [0.15, 0.2) is 0 Å². The van der Waals surface area contributed by atoms with Crippen LogP contribution in [0.1, 0.15) is 25.7 Å². The van der Waals surface area contributed by atoms with E-state index in [1.54, 1.807) is 47.0 Å². The van der Waals surface area contributed by atoms with Crippen molar-refractivity contribution in [1.82, 2.24) is 0 Å². The summed E-state index contributed by atoms with van der Waals surface area (Å²) in [5.74, 6) is 0. The average Bonchev–Trinajstić information content (AvgIpc) is 2.66. The van der Waals surface area contributed by atoms with E-state index in [9.17, 15) is 0 Å². The largest absolute Gasteiger partial charge is 0.326 e. The van der Waals surface area contributed by atoms with Gasteiger partial charge in [-0.2, -0.15) is 0 Å². The fourth-order valence-electron chi connectivity index (χ4n) is 5.47. The Bertz CT molecular complexity index is 508. The molecule has 12 atom stereocenters. The molecule has 12 unspecified atom stereocenters. The van der Waals surface area contributed by atoms with Crippen LogP contribution in [0.3, 0.4) is 0 Å². The van der Waals surface area contributed by atoms with Crippen molar-refractivity contribution in [1.29, 1.82) is 0 Å². The number of halogens is 2. The lowest BCUT2D eigenvalue weighted by Crippen LogP contribution is -2.64. The molecule has 4 nitrogen and oxygen atoms in total. The van der Waals surface area contributed by atoms with Crippen molar-refractivity contribution >= 4 is 47.0 Å². The third-order valence-electron chi connectivity index (χ3n) is 7.18. The molecule has 2 saturated heterocycles. The Balaban J connectivity index is 1.35. The molecule has 0 spiro atoms. The van der Waals surface area contributed by atoms with Crippen LogP contribution in [-0.4, -0.2) is 78.5 Å². The Morgan fingerprint density at radius 3 is 0.893 bits per heavy atom. The first-order chi connectivity index (χ1) is 13.3. The van der Waals surface area contributed by atoms with E-state index in [4.69, 9.17) is 22.9 Å². The second-order valence-electron chi connectivity index (χ2n) is 9.04. The van der Waals surface area contributed by atoms with Gasteiger partial charge in [-0.1, -0.05) is 0 Å². The topological polar surface area (TPSA) is 104 Å². The molecule has 8 N–H and O–H groups in total. The maximum Gasteiger partial charge on any atom is 0.126 e. The molecule has 0 aromatic rings. The molecule has 0 bridgehead atoms. The first-order valence-electron chi connectivity index (χ1n) is 10.3. The summed E-state index contributed by atoms with van der Waals surface area (Å²) in [5, 5.41) is 0.0235. The monoisotopic (exact) mass is 468 g/mol. The highest BCUT2D eigenvalue weighted by Gasteiger charge is 2.60. The molecule has 5 aliphatic rings. The van der Waals surface area contributed by atoms with Crippen LogP contribution in [0.5, 0.6) is 0 Å². The molecule has 0 radical (unpaired) electrons. The van der Waals surface area contributed by atoms with Crippen LogP contribution >= 0.6 is 47.0 Å². The van der Waals surface area contributed by atoms with Crippen LogP contribution < -0.4 is 22.9 Å². The minimum atomic E-state index is -0.988. The fourth-order valence-corrected chi connectivity index (χ4v) is 13.8. The summed E-state index contributed by atoms with van der Waals surface area (Å²) in [6.07, 6.45) is 1.26. The van der Waals surface area contributed by atoms with Gasteiger partial charge in [0, 0.05) is 45.2 Å². The van der Waals surface area contributed by atoms with E-state index >= 15 is 8.78 Å². The predicted molar refractivity (Wildman–Crippen MR) is 121 cm³/mol. The van der Waals surface area contributed by atoms with Gasteiger partial charge >= 0.3 is 0 Å². The van der Waals surface area contributed by atoms with E-state index in [2.05, 4.69) is 0 Å². The lowest BCUT2D eigenvalue weighted by molar-refractivity contribution is 0.191. The normalized spacial score (nSPS) is 61.5. The number of fused-ring (bicyclic) bond motifs is 4. The highest BCUT2D eigenvalue weighted by atomic mass is 32.2. The van der Waals surface area contributed by atoms with E-state index in [-0.39, 0.29) is 66.2 Å². The zero-order valence-corrected chi connectivity index (χ0v) is 18.9. The van der Waals surface area contributed by atoms with Gasteiger partial charge in [0.25, 0.3) is 0 Å². The van der Waals surface area contributed by atoms with Crippen LogP contribution in [0.15, 0.2) is 0 Å². The molecule has 10 heteroatoms. The maximum atomic E-state index is 15.7. The molecule has 0 aromatic heterocycles. The fraction of sp³-hybridized carbons (Fsp3) is 1.00. The van der Waals surface area contributed by atoms with E-state index < -0.39 is 12.3 Å². The lowest BCUT2D eigenvalue weighted by Gasteiger charge is -2.56. The number of thioether (sulfide) groups is 4. The second kappa shape index (κ2) is 7.90. The molecular formula is C18H30F2N4S4. The first-order valence-corrected chi connectivity index (χ1v) is 14.0. The summed E-state index contributed by atoms with van der Waals surface area (Å²) in [4.78, 5) is 0. The van der Waals surface area contributed by atoms with Crippen LogP contribution in [0.25, 0.3) is 0 Å². The molecule has 28 heavy (non-hydrogen) atoms. The van der Waals surface area contributed by atoms with E-state index in [1.807, 2.05) is 0 Å². The van der Waals surface area contributed by atoms with Crippen LogP contribution in [0.2, 0.25) is 0 Å². The van der Waals surface area contributed by atoms with Crippen molar-refractivity contribution in [2.75, 3.05) is 0 Å². The van der Waals surface area contributed by atoms with Gasteiger partial charge in [-0.15, -0.1) is 47.0 Å². The molecule has 2 heterocycles. The molecule has 5 rings (SSSR count). The van der Waals surface area contributed by atoms with E-state index in [0.29, 0.717) is 0 Å². The van der Waals surface area contributed by atoms with Gasteiger partial charge in [0.1, 0.15) is 12.3 Å². The Morgan fingerprint density at radius 1 is 0.464 bits per heavy atom. The van der Waals surface area contributed by atoms with Crippen molar-refractivity contribution in [3.63, 3.8) is 0 Å². The summed E-state index contributed by atoms with van der Waals surface area (Å²) in [6, 6.07) is -0.130. The minimum absolute atomic E-state index is 0.0326. The molecule has 3 saturated carbocycles. The molecular weight excluding hydrogens is 438 g/mol. The minimum Gasteiger partial charge on any atom is -0.326 e. The van der Waals surface area contributed by atoms with E-state index in [0.717, 1.165) is 25.7 Å². The van der Waals surface area contributed by atoms with Gasteiger partial charge < -0.3 is 22.9 Å². The van der Waals surface area contributed by atoms with Gasteiger partial charge in [-0.05, 0) is 25.7 Å². The highest BCUT2D eigenvalue weighted by Crippen LogP contribution is 2.59. The molecule has 3 aliphatic carbocycles. The summed E-state index contributed by atoms with van der Waals surface area (Å²) >= 11 is 6.66. The molecule has 5 fully saturated rings. The zero-order chi connectivity index (χ0) is 19.7. The second-order valence-corrected chi connectivity index (χ2v) is 14.7. The Hall–Kier alpha value is 1.10. The smallest absolute Gasteiger partial charge is 0.126 e. The third kappa shape index (κ3) is 3.45. The first kappa shape index (κ1) is 21.0. The molecule has 2 aliphatic heterocycles. The summed E-state index contributed by atoms with van der Waals surface area (Å²) < 4.78 is 31.5. The van der Waals surface area contributed by atoms with Gasteiger partial charge in [0.2, 0.25) is 0 Å². The van der Waals surface area contributed by atoms with Crippen LogP contribution in [0, 0.1) is 0 Å². The number of alkyl halides is 2. The van der Waals surface area contributed by atoms with Crippen molar-refractivity contribution in [3.05, 3.63) is 0 Å².